The molecular formula is C18H27FN2O3S. The Bertz CT molecular complexity index is 694. The van der Waals surface area contributed by atoms with Crippen molar-refractivity contribution < 1.29 is 17.5 Å². The molecule has 0 saturated carbocycles. The van der Waals surface area contributed by atoms with Gasteiger partial charge in [-0.3, -0.25) is 4.90 Å². The number of sulfonamides is 1. The van der Waals surface area contributed by atoms with E-state index in [0.717, 1.165) is 38.9 Å². The molecule has 1 atom stereocenters. The number of benzene rings is 1. The molecule has 1 unspecified atom stereocenters. The highest BCUT2D eigenvalue weighted by Crippen LogP contribution is 2.28. The average molecular weight is 370 g/mol. The smallest absolute Gasteiger partial charge is 0.243 e. The molecule has 7 heteroatoms. The Balaban J connectivity index is 1.85. The van der Waals surface area contributed by atoms with Crippen molar-refractivity contribution >= 4 is 10.0 Å². The van der Waals surface area contributed by atoms with Crippen LogP contribution in [0.3, 0.4) is 0 Å². The maximum absolute atomic E-state index is 13.9. The average Bonchev–Trinajstić information content (AvgIpc) is 2.60. The lowest BCUT2D eigenvalue weighted by Crippen LogP contribution is -2.51. The van der Waals surface area contributed by atoms with Crippen LogP contribution in [0.4, 0.5) is 4.39 Å². The lowest BCUT2D eigenvalue weighted by atomic mass is 10.0. The second-order valence-corrected chi connectivity index (χ2v) is 8.94. The van der Waals surface area contributed by atoms with E-state index in [0.29, 0.717) is 30.9 Å². The van der Waals surface area contributed by atoms with Gasteiger partial charge in [-0.15, -0.1) is 0 Å². The summed E-state index contributed by atoms with van der Waals surface area (Å²) in [6.45, 7) is 7.60. The van der Waals surface area contributed by atoms with Crippen LogP contribution in [0.15, 0.2) is 17.0 Å². The minimum Gasteiger partial charge on any atom is -0.379 e. The zero-order chi connectivity index (χ0) is 18.0. The van der Waals surface area contributed by atoms with Gasteiger partial charge in [0.25, 0.3) is 0 Å². The van der Waals surface area contributed by atoms with Crippen LogP contribution in [0, 0.1) is 19.7 Å². The highest BCUT2D eigenvalue weighted by atomic mass is 32.2. The Morgan fingerprint density at radius 1 is 1.12 bits per heavy atom. The molecule has 2 fully saturated rings. The second-order valence-electron chi connectivity index (χ2n) is 7.05. The van der Waals surface area contributed by atoms with E-state index in [-0.39, 0.29) is 16.8 Å². The maximum atomic E-state index is 13.9. The fraction of sp³-hybridized carbons (Fsp3) is 0.667. The maximum Gasteiger partial charge on any atom is 0.243 e. The van der Waals surface area contributed by atoms with Gasteiger partial charge in [-0.25, -0.2) is 12.8 Å². The van der Waals surface area contributed by atoms with Crippen LogP contribution in [0.2, 0.25) is 0 Å². The van der Waals surface area contributed by atoms with Crippen molar-refractivity contribution in [2.24, 2.45) is 0 Å². The summed E-state index contributed by atoms with van der Waals surface area (Å²) < 4.78 is 47.3. The van der Waals surface area contributed by atoms with Gasteiger partial charge in [0, 0.05) is 32.2 Å². The summed E-state index contributed by atoms with van der Waals surface area (Å²) in [5, 5.41) is 0. The fourth-order valence-electron chi connectivity index (χ4n) is 3.75. The van der Waals surface area contributed by atoms with Crippen LogP contribution in [0.1, 0.15) is 30.4 Å². The number of nitrogens with zero attached hydrogens (tertiary/aromatic N) is 2. The first-order valence-corrected chi connectivity index (χ1v) is 10.4. The summed E-state index contributed by atoms with van der Waals surface area (Å²) in [7, 11) is -3.61. The number of aryl methyl sites for hydroxylation is 2. The lowest BCUT2D eigenvalue weighted by Gasteiger charge is -2.38. The van der Waals surface area contributed by atoms with E-state index in [9.17, 15) is 12.8 Å². The van der Waals surface area contributed by atoms with E-state index in [1.165, 1.54) is 12.1 Å². The van der Waals surface area contributed by atoms with Crippen molar-refractivity contribution in [2.75, 3.05) is 39.4 Å². The molecule has 2 heterocycles. The number of hydrogen-bond acceptors (Lipinski definition) is 4. The molecule has 0 N–H and O–H groups in total. The molecule has 0 radical (unpaired) electrons. The molecule has 2 saturated heterocycles. The molecule has 140 valence electrons. The summed E-state index contributed by atoms with van der Waals surface area (Å²) >= 11 is 0. The highest BCUT2D eigenvalue weighted by molar-refractivity contribution is 7.89. The molecule has 0 aliphatic carbocycles. The van der Waals surface area contributed by atoms with Crippen LogP contribution in [-0.4, -0.2) is 63.1 Å². The third-order valence-electron chi connectivity index (χ3n) is 5.16. The molecule has 25 heavy (non-hydrogen) atoms. The standard InChI is InChI=1S/C18H27FN2O3S/c1-14-11-17(12-15(2)18(14)19)25(22,23)21-6-4-3-5-16(21)13-20-7-9-24-10-8-20/h11-12,16H,3-10,13H2,1-2H3. The Morgan fingerprint density at radius 2 is 1.76 bits per heavy atom. The number of rotatable bonds is 4. The molecular weight excluding hydrogens is 343 g/mol. The van der Waals surface area contributed by atoms with Gasteiger partial charge in [-0.05, 0) is 49.9 Å². The van der Waals surface area contributed by atoms with Gasteiger partial charge in [-0.2, -0.15) is 4.31 Å². The number of piperidine rings is 1. The van der Waals surface area contributed by atoms with Crippen molar-refractivity contribution in [2.45, 2.75) is 44.0 Å². The van der Waals surface area contributed by atoms with Crippen LogP contribution < -0.4 is 0 Å². The summed E-state index contributed by atoms with van der Waals surface area (Å²) in [5.41, 5.74) is 0.751. The van der Waals surface area contributed by atoms with Gasteiger partial charge in [-0.1, -0.05) is 6.42 Å². The predicted octanol–water partition coefficient (Wildman–Crippen LogP) is 2.32. The largest absolute Gasteiger partial charge is 0.379 e. The van der Waals surface area contributed by atoms with Crippen molar-refractivity contribution in [1.29, 1.82) is 0 Å². The minimum absolute atomic E-state index is 0.0254. The minimum atomic E-state index is -3.61. The van der Waals surface area contributed by atoms with Crippen molar-refractivity contribution in [3.63, 3.8) is 0 Å². The van der Waals surface area contributed by atoms with Crippen molar-refractivity contribution in [1.82, 2.24) is 9.21 Å². The number of halogens is 1. The molecule has 2 aliphatic rings. The molecule has 1 aromatic carbocycles. The van der Waals surface area contributed by atoms with E-state index in [1.807, 2.05) is 0 Å². The van der Waals surface area contributed by atoms with Crippen molar-refractivity contribution in [3.05, 3.63) is 29.1 Å². The van der Waals surface area contributed by atoms with Gasteiger partial charge in [0.05, 0.1) is 18.1 Å². The zero-order valence-electron chi connectivity index (χ0n) is 15.0. The molecule has 5 nitrogen and oxygen atoms in total. The van der Waals surface area contributed by atoms with E-state index in [2.05, 4.69) is 4.90 Å². The SMILES string of the molecule is Cc1cc(S(=O)(=O)N2CCCCC2CN2CCOCC2)cc(C)c1F. The monoisotopic (exact) mass is 370 g/mol. The Hall–Kier alpha value is -1.02. The normalized spacial score (nSPS) is 23.7. The molecule has 2 aliphatic heterocycles. The first-order valence-electron chi connectivity index (χ1n) is 8.98. The number of morpholine rings is 1. The van der Waals surface area contributed by atoms with Gasteiger partial charge >= 0.3 is 0 Å². The molecule has 0 aromatic heterocycles. The third-order valence-corrected chi connectivity index (χ3v) is 7.09. The molecule has 0 spiro atoms. The zero-order valence-corrected chi connectivity index (χ0v) is 15.8. The third kappa shape index (κ3) is 4.05. The summed E-state index contributed by atoms with van der Waals surface area (Å²) in [6.07, 6.45) is 2.79. The number of hydrogen-bond donors (Lipinski definition) is 0. The molecule has 0 amide bonds. The van der Waals surface area contributed by atoms with E-state index in [4.69, 9.17) is 4.74 Å². The molecule has 0 bridgehead atoms. The fourth-order valence-corrected chi connectivity index (χ4v) is 5.60. The topological polar surface area (TPSA) is 49.9 Å². The predicted molar refractivity (Wildman–Crippen MR) is 94.7 cm³/mol. The van der Waals surface area contributed by atoms with Crippen molar-refractivity contribution in [3.8, 4) is 0 Å². The summed E-state index contributed by atoms with van der Waals surface area (Å²) in [4.78, 5) is 2.49. The van der Waals surface area contributed by atoms with Crippen LogP contribution in [0.25, 0.3) is 0 Å². The van der Waals surface area contributed by atoms with Crippen LogP contribution in [-0.2, 0) is 14.8 Å². The van der Waals surface area contributed by atoms with Gasteiger partial charge in [0.15, 0.2) is 0 Å². The molecule has 1 aromatic rings. The summed E-state index contributed by atoms with van der Waals surface area (Å²) in [5.74, 6) is -0.331. The Kier molecular flexibility index (Phi) is 5.78. The van der Waals surface area contributed by atoms with E-state index < -0.39 is 10.0 Å². The quantitative estimate of drug-likeness (QED) is 0.816. The van der Waals surface area contributed by atoms with Gasteiger partial charge in [0.1, 0.15) is 5.82 Å². The Labute approximate surface area is 149 Å². The Morgan fingerprint density at radius 3 is 2.40 bits per heavy atom. The van der Waals surface area contributed by atoms with Crippen LogP contribution in [0.5, 0.6) is 0 Å². The highest BCUT2D eigenvalue weighted by Gasteiger charge is 2.35. The lowest BCUT2D eigenvalue weighted by molar-refractivity contribution is 0.0263. The van der Waals surface area contributed by atoms with Gasteiger partial charge < -0.3 is 4.74 Å². The molecule has 3 rings (SSSR count). The summed E-state index contributed by atoms with van der Waals surface area (Å²) in [6, 6.07) is 2.89. The van der Waals surface area contributed by atoms with Crippen LogP contribution >= 0.6 is 0 Å². The van der Waals surface area contributed by atoms with E-state index >= 15 is 0 Å². The first-order chi connectivity index (χ1) is 11.9. The second kappa shape index (κ2) is 7.70. The number of ether oxygens (including phenoxy) is 1. The van der Waals surface area contributed by atoms with Gasteiger partial charge in [0.2, 0.25) is 10.0 Å². The first kappa shape index (κ1) is 18.8. The van der Waals surface area contributed by atoms with E-state index in [1.54, 1.807) is 18.2 Å².